The molecule has 0 saturated heterocycles. The van der Waals surface area contributed by atoms with E-state index in [1.54, 1.807) is 18.2 Å². The molecule has 0 unspecified atom stereocenters. The number of aryl methyl sites for hydroxylation is 1. The molecule has 7 heteroatoms. The maximum atomic E-state index is 10.4. The summed E-state index contributed by atoms with van der Waals surface area (Å²) < 4.78 is 33.4. The third kappa shape index (κ3) is 4.15. The molecule has 0 aliphatic heterocycles. The van der Waals surface area contributed by atoms with Crippen LogP contribution in [0, 0.1) is 6.92 Å². The van der Waals surface area contributed by atoms with E-state index < -0.39 is 17.1 Å². The van der Waals surface area contributed by atoms with Gasteiger partial charge in [0.05, 0.1) is 12.8 Å². The van der Waals surface area contributed by atoms with Crippen LogP contribution < -0.4 is 5.06 Å². The topological polar surface area (TPSA) is 76.1 Å². The fraction of sp³-hybridized carbons (Fsp3) is 0.333. The van der Waals surface area contributed by atoms with Crippen molar-refractivity contribution < 1.29 is 22.0 Å². The lowest BCUT2D eigenvalue weighted by Crippen LogP contribution is -2.26. The summed E-state index contributed by atoms with van der Waals surface area (Å²) in [6.07, 6.45) is 0. The second-order valence-corrected chi connectivity index (χ2v) is 4.17. The van der Waals surface area contributed by atoms with E-state index in [1.165, 1.54) is 12.2 Å². The molecule has 0 amide bonds. The highest BCUT2D eigenvalue weighted by Gasteiger charge is 2.11. The second kappa shape index (κ2) is 5.26. The quantitative estimate of drug-likeness (QED) is 0.477. The fourth-order valence-corrected chi connectivity index (χ4v) is 1.36. The van der Waals surface area contributed by atoms with Crippen molar-refractivity contribution in [3.63, 3.8) is 0 Å². The Morgan fingerprint density at radius 1 is 1.44 bits per heavy atom. The van der Waals surface area contributed by atoms with Crippen molar-refractivity contribution >= 4 is 16.1 Å². The van der Waals surface area contributed by atoms with Crippen molar-refractivity contribution in [1.82, 2.24) is 0 Å². The van der Waals surface area contributed by atoms with Gasteiger partial charge in [0.15, 0.2) is 6.73 Å². The van der Waals surface area contributed by atoms with E-state index in [4.69, 9.17) is 9.39 Å². The van der Waals surface area contributed by atoms with Gasteiger partial charge in [-0.05, 0) is 24.6 Å². The van der Waals surface area contributed by atoms with Crippen molar-refractivity contribution in [2.24, 2.45) is 0 Å². The Labute approximate surface area is 94.3 Å². The molecule has 6 nitrogen and oxygen atoms in total. The van der Waals surface area contributed by atoms with Crippen LogP contribution in [0.4, 0.5) is 5.69 Å². The van der Waals surface area contributed by atoms with Crippen LogP contribution in [-0.4, -0.2) is 26.8 Å². The first-order chi connectivity index (χ1) is 7.42. The summed E-state index contributed by atoms with van der Waals surface area (Å²) in [5.74, 6) is 0. The van der Waals surface area contributed by atoms with Gasteiger partial charge in [-0.2, -0.15) is 8.42 Å². The van der Waals surface area contributed by atoms with Crippen LogP contribution >= 0.6 is 0 Å². The first kappa shape index (κ1) is 12.9. The molecule has 0 fully saturated rings. The number of hydroxylamine groups is 1. The molecule has 90 valence electrons. The van der Waals surface area contributed by atoms with Gasteiger partial charge in [-0.1, -0.05) is 12.1 Å². The lowest BCUT2D eigenvalue weighted by Gasteiger charge is -2.20. The van der Waals surface area contributed by atoms with Gasteiger partial charge in [0.2, 0.25) is 0 Å². The van der Waals surface area contributed by atoms with Gasteiger partial charge in [0.25, 0.3) is 0 Å². The smallest absolute Gasteiger partial charge is 0.274 e. The summed E-state index contributed by atoms with van der Waals surface area (Å²) in [6.45, 7) is 1.47. The summed E-state index contributed by atoms with van der Waals surface area (Å²) in [7, 11) is -3.10. The van der Waals surface area contributed by atoms with Crippen LogP contribution in [0.2, 0.25) is 0 Å². The molecule has 0 saturated carbocycles. The van der Waals surface area contributed by atoms with Crippen LogP contribution in [-0.2, 0) is 19.4 Å². The molecule has 1 rings (SSSR count). The molecule has 0 aliphatic carbocycles. The lowest BCUT2D eigenvalue weighted by molar-refractivity contribution is 0.107. The van der Waals surface area contributed by atoms with Crippen LogP contribution in [0.25, 0.3) is 0 Å². The molecule has 0 aromatic heterocycles. The largest absolute Gasteiger partial charge is 0.399 e. The summed E-state index contributed by atoms with van der Waals surface area (Å²) >= 11 is 0. The molecular weight excluding hydrogens is 234 g/mol. The van der Waals surface area contributed by atoms with E-state index >= 15 is 0 Å². The molecule has 16 heavy (non-hydrogen) atoms. The second-order valence-electron chi connectivity index (χ2n) is 3.07. The molecule has 1 aromatic carbocycles. The third-order valence-corrected chi connectivity index (χ3v) is 2.23. The average molecular weight is 247 g/mol. The Balaban J connectivity index is 2.75. The average Bonchev–Trinajstić information content (AvgIpc) is 2.17. The predicted octanol–water partition coefficient (Wildman–Crippen LogP) is 1.14. The van der Waals surface area contributed by atoms with E-state index in [9.17, 15) is 8.42 Å². The number of hydrogen-bond acceptors (Lipinski definition) is 5. The van der Waals surface area contributed by atoms with Crippen molar-refractivity contribution in [3.05, 3.63) is 29.8 Å². The van der Waals surface area contributed by atoms with Gasteiger partial charge in [0.1, 0.15) is 0 Å². The zero-order valence-electron chi connectivity index (χ0n) is 8.95. The number of rotatable bonds is 5. The third-order valence-electron chi connectivity index (χ3n) is 1.83. The van der Waals surface area contributed by atoms with Crippen molar-refractivity contribution in [2.75, 3.05) is 18.9 Å². The number of anilines is 1. The van der Waals surface area contributed by atoms with Gasteiger partial charge in [-0.3, -0.25) is 9.39 Å². The van der Waals surface area contributed by atoms with Crippen LogP contribution in [0.15, 0.2) is 24.3 Å². The zero-order valence-corrected chi connectivity index (χ0v) is 9.77. The Hall–Kier alpha value is -1.15. The van der Waals surface area contributed by atoms with E-state index in [2.05, 4.69) is 4.18 Å². The van der Waals surface area contributed by atoms with E-state index in [0.717, 1.165) is 5.56 Å². The minimum absolute atomic E-state index is 0.418. The van der Waals surface area contributed by atoms with Crippen LogP contribution in [0.5, 0.6) is 0 Å². The van der Waals surface area contributed by atoms with Gasteiger partial charge >= 0.3 is 10.4 Å². The first-order valence-electron chi connectivity index (χ1n) is 4.42. The van der Waals surface area contributed by atoms with Crippen molar-refractivity contribution in [1.29, 1.82) is 0 Å². The summed E-state index contributed by atoms with van der Waals surface area (Å²) in [5, 5.41) is 1.20. The Morgan fingerprint density at radius 2 is 2.12 bits per heavy atom. The SMILES string of the molecule is CON(COS(=O)(=O)O)c1cccc(C)c1. The highest BCUT2D eigenvalue weighted by atomic mass is 32.3. The van der Waals surface area contributed by atoms with E-state index in [0.29, 0.717) is 5.69 Å². The molecule has 0 atom stereocenters. The number of nitrogens with zero attached hydrogens (tertiary/aromatic N) is 1. The van der Waals surface area contributed by atoms with Gasteiger partial charge in [-0.25, -0.2) is 9.25 Å². The highest BCUT2D eigenvalue weighted by molar-refractivity contribution is 7.80. The molecule has 0 bridgehead atoms. The van der Waals surface area contributed by atoms with Crippen molar-refractivity contribution in [3.8, 4) is 0 Å². The minimum Gasteiger partial charge on any atom is -0.274 e. The molecular formula is C9H13NO5S. The molecule has 0 aliphatic rings. The highest BCUT2D eigenvalue weighted by Crippen LogP contribution is 2.15. The fourth-order valence-electron chi connectivity index (χ4n) is 1.13. The summed E-state index contributed by atoms with van der Waals surface area (Å²) in [4.78, 5) is 4.92. The summed E-state index contributed by atoms with van der Waals surface area (Å²) in [5.41, 5.74) is 1.62. The maximum Gasteiger partial charge on any atom is 0.399 e. The van der Waals surface area contributed by atoms with Crippen LogP contribution in [0.3, 0.4) is 0 Å². The molecule has 0 heterocycles. The Morgan fingerprint density at radius 3 is 2.62 bits per heavy atom. The minimum atomic E-state index is -4.47. The molecule has 0 spiro atoms. The molecule has 0 radical (unpaired) electrons. The monoisotopic (exact) mass is 247 g/mol. The van der Waals surface area contributed by atoms with Crippen molar-refractivity contribution in [2.45, 2.75) is 6.92 Å². The summed E-state index contributed by atoms with van der Waals surface area (Å²) in [6, 6.07) is 7.20. The maximum absolute atomic E-state index is 10.4. The lowest BCUT2D eigenvalue weighted by atomic mass is 10.2. The Bertz CT molecular complexity index is 445. The van der Waals surface area contributed by atoms with Gasteiger partial charge < -0.3 is 0 Å². The van der Waals surface area contributed by atoms with Crippen LogP contribution in [0.1, 0.15) is 5.56 Å². The number of hydrogen-bond donors (Lipinski definition) is 1. The van der Waals surface area contributed by atoms with Gasteiger partial charge in [0, 0.05) is 0 Å². The molecule has 1 aromatic rings. The first-order valence-corrected chi connectivity index (χ1v) is 5.79. The zero-order chi connectivity index (χ0) is 12.2. The molecule has 1 N–H and O–H groups in total. The normalized spacial score (nSPS) is 11.4. The van der Waals surface area contributed by atoms with E-state index in [-0.39, 0.29) is 0 Å². The standard InChI is InChI=1S/C9H13NO5S/c1-8-4-3-5-9(6-8)10(14-2)7-15-16(11,12)13/h3-6H,7H2,1-2H3,(H,11,12,13). The Kier molecular flexibility index (Phi) is 4.25. The predicted molar refractivity (Wildman–Crippen MR) is 58.2 cm³/mol. The van der Waals surface area contributed by atoms with Gasteiger partial charge in [-0.15, -0.1) is 0 Å². The van der Waals surface area contributed by atoms with E-state index in [1.807, 2.05) is 13.0 Å². The number of benzene rings is 1.